The fourth-order valence-electron chi connectivity index (χ4n) is 3.57. The van der Waals surface area contributed by atoms with E-state index >= 15 is 0 Å². The third kappa shape index (κ3) is 5.45. The molecule has 182 valence electrons. The van der Waals surface area contributed by atoms with Crippen LogP contribution >= 0.6 is 11.6 Å². The molecule has 36 heavy (non-hydrogen) atoms. The summed E-state index contributed by atoms with van der Waals surface area (Å²) in [5, 5.41) is 4.24. The smallest absolute Gasteiger partial charge is 0.297 e. The number of amides is 3. The maximum atomic E-state index is 13.4. The summed E-state index contributed by atoms with van der Waals surface area (Å²) in [6.07, 6.45) is 1.58. The lowest BCUT2D eigenvalue weighted by atomic mass is 10.1. The van der Waals surface area contributed by atoms with Crippen LogP contribution in [0.3, 0.4) is 0 Å². The first kappa shape index (κ1) is 24.7. The van der Waals surface area contributed by atoms with Crippen LogP contribution in [0.25, 0.3) is 6.08 Å². The number of benzene rings is 3. The second kappa shape index (κ2) is 10.9. The van der Waals surface area contributed by atoms with Crippen molar-refractivity contribution in [3.05, 3.63) is 100 Å². The summed E-state index contributed by atoms with van der Waals surface area (Å²) in [6.45, 7) is 3.47. The van der Waals surface area contributed by atoms with Crippen molar-refractivity contribution in [2.24, 2.45) is 4.99 Å². The van der Waals surface area contributed by atoms with Crippen molar-refractivity contribution >= 4 is 46.9 Å². The molecule has 0 atom stereocenters. The average Bonchev–Trinajstić information content (AvgIpc) is 3.16. The van der Waals surface area contributed by atoms with Gasteiger partial charge in [-0.05, 0) is 36.8 Å². The molecule has 8 nitrogen and oxygen atoms in total. The second-order valence-electron chi connectivity index (χ2n) is 7.76. The number of amidine groups is 1. The van der Waals surface area contributed by atoms with Crippen molar-refractivity contribution < 1.29 is 19.1 Å². The molecule has 9 heteroatoms. The molecule has 0 spiro atoms. The molecular weight excluding hydrogens is 480 g/mol. The van der Waals surface area contributed by atoms with Crippen LogP contribution in [-0.2, 0) is 9.59 Å². The summed E-state index contributed by atoms with van der Waals surface area (Å²) < 4.78 is 5.62. The van der Waals surface area contributed by atoms with Crippen LogP contribution < -0.4 is 15.5 Å². The van der Waals surface area contributed by atoms with Gasteiger partial charge >= 0.3 is 0 Å². The number of anilines is 1. The van der Waals surface area contributed by atoms with E-state index in [0.717, 1.165) is 5.01 Å². The number of carbonyl (C=O) groups is 3. The number of halogens is 1. The van der Waals surface area contributed by atoms with Crippen LogP contribution in [0.5, 0.6) is 5.75 Å². The number of nitrogens with zero attached hydrogens (tertiary/aromatic N) is 2. The van der Waals surface area contributed by atoms with E-state index in [1.165, 1.54) is 13.0 Å². The van der Waals surface area contributed by atoms with Gasteiger partial charge < -0.3 is 10.1 Å². The highest BCUT2D eigenvalue weighted by molar-refractivity contribution is 6.32. The molecule has 0 radical (unpaired) electrons. The normalized spacial score (nSPS) is 14.0. The van der Waals surface area contributed by atoms with Crippen molar-refractivity contribution in [3.8, 4) is 5.75 Å². The summed E-state index contributed by atoms with van der Waals surface area (Å²) in [4.78, 5) is 42.6. The largest absolute Gasteiger partial charge is 0.493 e. The molecule has 4 rings (SSSR count). The van der Waals surface area contributed by atoms with E-state index in [4.69, 9.17) is 16.3 Å². The van der Waals surface area contributed by atoms with Gasteiger partial charge in [0.1, 0.15) is 11.4 Å². The molecule has 0 fully saturated rings. The lowest BCUT2D eigenvalue weighted by Crippen LogP contribution is -2.47. The number of hydrogen-bond acceptors (Lipinski definition) is 5. The van der Waals surface area contributed by atoms with E-state index in [1.807, 2.05) is 18.2 Å². The summed E-state index contributed by atoms with van der Waals surface area (Å²) in [6, 6.07) is 20.8. The Morgan fingerprint density at radius 2 is 1.78 bits per heavy atom. The quantitative estimate of drug-likeness (QED) is 0.458. The molecule has 3 amide bonds. The van der Waals surface area contributed by atoms with Crippen LogP contribution in [0.4, 0.5) is 5.69 Å². The molecule has 1 heterocycles. The summed E-state index contributed by atoms with van der Waals surface area (Å²) in [5.74, 6) is -0.823. The molecule has 3 aromatic rings. The number of carbonyl (C=O) groups excluding carboxylic acids is 3. The predicted molar refractivity (Wildman–Crippen MR) is 139 cm³/mol. The van der Waals surface area contributed by atoms with E-state index in [9.17, 15) is 14.4 Å². The minimum absolute atomic E-state index is 0.119. The topological polar surface area (TPSA) is 100 Å². The summed E-state index contributed by atoms with van der Waals surface area (Å²) in [7, 11) is 0. The van der Waals surface area contributed by atoms with Crippen LogP contribution in [0.2, 0.25) is 5.02 Å². The van der Waals surface area contributed by atoms with Crippen molar-refractivity contribution in [1.82, 2.24) is 10.4 Å². The van der Waals surface area contributed by atoms with Gasteiger partial charge in [-0.3, -0.25) is 19.8 Å². The number of rotatable bonds is 7. The number of ether oxygens (including phenoxy) is 1. The zero-order chi connectivity index (χ0) is 25.7. The lowest BCUT2D eigenvalue weighted by Gasteiger charge is -2.20. The molecule has 0 unspecified atom stereocenters. The maximum Gasteiger partial charge on any atom is 0.297 e. The molecular formula is C27H23ClN4O4. The van der Waals surface area contributed by atoms with E-state index in [2.05, 4.69) is 15.7 Å². The van der Waals surface area contributed by atoms with Crippen LogP contribution in [-0.4, -0.2) is 35.2 Å². The number of aliphatic imine (C=N–C) groups is 1. The van der Waals surface area contributed by atoms with Gasteiger partial charge in [0.15, 0.2) is 5.84 Å². The third-order valence-corrected chi connectivity index (χ3v) is 5.49. The fraction of sp³-hybridized carbons (Fsp3) is 0.111. The van der Waals surface area contributed by atoms with Gasteiger partial charge in [0.05, 0.1) is 12.2 Å². The SMILES string of the molecule is CCOc1cc(NC(C)=O)ccc1C(=O)NN1C(=O)C(=Cc2ccccc2Cl)N=C1c1ccccc1. The predicted octanol–water partition coefficient (Wildman–Crippen LogP) is 4.67. The molecule has 0 bridgehead atoms. The monoisotopic (exact) mass is 502 g/mol. The minimum Gasteiger partial charge on any atom is -0.493 e. The van der Waals surface area contributed by atoms with Gasteiger partial charge in [0.25, 0.3) is 11.8 Å². The highest BCUT2D eigenvalue weighted by atomic mass is 35.5. The molecule has 0 aromatic heterocycles. The molecule has 0 saturated heterocycles. The highest BCUT2D eigenvalue weighted by Gasteiger charge is 2.33. The van der Waals surface area contributed by atoms with Gasteiger partial charge in [-0.25, -0.2) is 4.99 Å². The standard InChI is InChI=1S/C27H23ClN4O4/c1-3-36-24-16-20(29-17(2)33)13-14-21(24)26(34)31-32-25(18-9-5-4-6-10-18)30-23(27(32)35)15-19-11-7-8-12-22(19)28/h4-16H,3H2,1-2H3,(H,29,33)(H,31,34). The molecule has 1 aliphatic rings. The first-order valence-electron chi connectivity index (χ1n) is 11.2. The molecule has 1 aliphatic heterocycles. The van der Waals surface area contributed by atoms with Crippen molar-refractivity contribution in [1.29, 1.82) is 0 Å². The maximum absolute atomic E-state index is 13.4. The summed E-state index contributed by atoms with van der Waals surface area (Å²) in [5.41, 5.74) is 4.71. The van der Waals surface area contributed by atoms with Crippen LogP contribution in [0.15, 0.2) is 83.5 Å². The van der Waals surface area contributed by atoms with Gasteiger partial charge in [0.2, 0.25) is 5.91 Å². The highest BCUT2D eigenvalue weighted by Crippen LogP contribution is 2.26. The Morgan fingerprint density at radius 3 is 2.47 bits per heavy atom. The molecule has 2 N–H and O–H groups in total. The van der Waals surface area contributed by atoms with Crippen molar-refractivity contribution in [3.63, 3.8) is 0 Å². The van der Waals surface area contributed by atoms with Gasteiger partial charge in [0, 0.05) is 29.3 Å². The van der Waals surface area contributed by atoms with Gasteiger partial charge in [-0.2, -0.15) is 5.01 Å². The van der Waals surface area contributed by atoms with Crippen molar-refractivity contribution in [2.45, 2.75) is 13.8 Å². The summed E-state index contributed by atoms with van der Waals surface area (Å²) >= 11 is 6.27. The molecule has 0 aliphatic carbocycles. The Bertz CT molecular complexity index is 1390. The second-order valence-corrected chi connectivity index (χ2v) is 8.17. The number of nitrogens with one attached hydrogen (secondary N) is 2. The zero-order valence-electron chi connectivity index (χ0n) is 19.6. The van der Waals surface area contributed by atoms with Gasteiger partial charge in [-0.1, -0.05) is 60.1 Å². The molecule has 3 aromatic carbocycles. The average molecular weight is 503 g/mol. The number of hydrazine groups is 1. The Morgan fingerprint density at radius 1 is 1.06 bits per heavy atom. The van der Waals surface area contributed by atoms with E-state index in [1.54, 1.807) is 61.5 Å². The first-order chi connectivity index (χ1) is 17.4. The lowest BCUT2D eigenvalue weighted by molar-refractivity contribution is -0.124. The fourth-order valence-corrected chi connectivity index (χ4v) is 3.76. The van der Waals surface area contributed by atoms with E-state index in [-0.39, 0.29) is 28.8 Å². The first-order valence-corrected chi connectivity index (χ1v) is 11.6. The van der Waals surface area contributed by atoms with Gasteiger partial charge in [-0.15, -0.1) is 0 Å². The van der Waals surface area contributed by atoms with Crippen molar-refractivity contribution in [2.75, 3.05) is 11.9 Å². The minimum atomic E-state index is -0.580. The van der Waals surface area contributed by atoms with Crippen LogP contribution in [0, 0.1) is 0 Å². The Labute approximate surface area is 213 Å². The Hall–Kier alpha value is -4.43. The molecule has 0 saturated carbocycles. The Kier molecular flexibility index (Phi) is 7.46. The van der Waals surface area contributed by atoms with E-state index in [0.29, 0.717) is 28.4 Å². The van der Waals surface area contributed by atoms with Crippen LogP contribution in [0.1, 0.15) is 35.3 Å². The number of hydrogen-bond donors (Lipinski definition) is 2. The van der Waals surface area contributed by atoms with E-state index < -0.39 is 11.8 Å². The Balaban J connectivity index is 1.69. The third-order valence-electron chi connectivity index (χ3n) is 5.15. The zero-order valence-corrected chi connectivity index (χ0v) is 20.4.